The van der Waals surface area contributed by atoms with E-state index in [4.69, 9.17) is 4.74 Å². The predicted molar refractivity (Wildman–Crippen MR) is 91.6 cm³/mol. The summed E-state index contributed by atoms with van der Waals surface area (Å²) in [5.41, 5.74) is 1.22. The summed E-state index contributed by atoms with van der Waals surface area (Å²) in [4.78, 5) is 4.02. The van der Waals surface area contributed by atoms with Crippen molar-refractivity contribution < 1.29 is 4.74 Å². The van der Waals surface area contributed by atoms with E-state index in [2.05, 4.69) is 61.2 Å². The number of imidazole rings is 1. The number of aryl methyl sites for hydroxylation is 1. The molecule has 0 atom stereocenters. The van der Waals surface area contributed by atoms with E-state index in [1.165, 1.54) is 5.56 Å². The highest BCUT2D eigenvalue weighted by molar-refractivity contribution is 9.11. The van der Waals surface area contributed by atoms with Gasteiger partial charge in [0.25, 0.3) is 0 Å². The van der Waals surface area contributed by atoms with Crippen molar-refractivity contribution in [2.75, 3.05) is 13.2 Å². The molecule has 0 radical (unpaired) electrons. The van der Waals surface area contributed by atoms with Crippen LogP contribution in [-0.2, 0) is 13.1 Å². The smallest absolute Gasteiger partial charge is 0.147 e. The summed E-state index contributed by atoms with van der Waals surface area (Å²) in [6.07, 6.45) is 6.51. The molecule has 1 aromatic heterocycles. The molecule has 4 nitrogen and oxygen atoms in total. The van der Waals surface area contributed by atoms with Crippen molar-refractivity contribution >= 4 is 31.9 Å². The summed E-state index contributed by atoms with van der Waals surface area (Å²) >= 11 is 7.17. The third-order valence-corrected chi connectivity index (χ3v) is 4.18. The van der Waals surface area contributed by atoms with Crippen molar-refractivity contribution in [1.82, 2.24) is 14.9 Å². The van der Waals surface area contributed by atoms with Crippen LogP contribution in [0.2, 0.25) is 0 Å². The van der Waals surface area contributed by atoms with Crippen molar-refractivity contribution in [1.29, 1.82) is 0 Å². The Morgan fingerprint density at radius 2 is 2.05 bits per heavy atom. The molecule has 0 aliphatic carbocycles. The van der Waals surface area contributed by atoms with Crippen LogP contribution in [0.4, 0.5) is 0 Å². The lowest BCUT2D eigenvalue weighted by atomic mass is 10.2. The molecule has 1 N–H and O–H groups in total. The Morgan fingerprint density at radius 1 is 1.29 bits per heavy atom. The molecule has 0 aliphatic heterocycles. The van der Waals surface area contributed by atoms with Crippen molar-refractivity contribution in [3.63, 3.8) is 0 Å². The third-order valence-electron chi connectivity index (χ3n) is 3.00. The Hall–Kier alpha value is -0.850. The van der Waals surface area contributed by atoms with Gasteiger partial charge in [-0.2, -0.15) is 0 Å². The van der Waals surface area contributed by atoms with Gasteiger partial charge in [0.15, 0.2) is 0 Å². The van der Waals surface area contributed by atoms with Gasteiger partial charge < -0.3 is 14.6 Å². The first-order valence-electron chi connectivity index (χ1n) is 6.98. The zero-order valence-corrected chi connectivity index (χ0v) is 15.2. The van der Waals surface area contributed by atoms with Crippen LogP contribution in [0.15, 0.2) is 39.8 Å². The summed E-state index contributed by atoms with van der Waals surface area (Å²) in [6, 6.07) is 4.19. The number of ether oxygens (including phenoxy) is 1. The number of nitrogens with one attached hydrogen (secondary N) is 1. The number of benzene rings is 1. The maximum absolute atomic E-state index is 5.88. The van der Waals surface area contributed by atoms with E-state index in [-0.39, 0.29) is 0 Å². The lowest BCUT2D eigenvalue weighted by molar-refractivity contribution is 0.298. The largest absolute Gasteiger partial charge is 0.491 e. The first kappa shape index (κ1) is 16.5. The van der Waals surface area contributed by atoms with E-state index in [1.807, 2.05) is 17.1 Å². The van der Waals surface area contributed by atoms with Crippen molar-refractivity contribution in [2.24, 2.45) is 0 Å². The fourth-order valence-electron chi connectivity index (χ4n) is 1.96. The van der Waals surface area contributed by atoms with Crippen molar-refractivity contribution in [3.8, 4) is 5.75 Å². The quantitative estimate of drug-likeness (QED) is 0.661. The zero-order valence-electron chi connectivity index (χ0n) is 12.0. The molecule has 1 heterocycles. The van der Waals surface area contributed by atoms with Crippen molar-refractivity contribution in [2.45, 2.75) is 26.4 Å². The molecule has 0 bridgehead atoms. The molecule has 21 heavy (non-hydrogen) atoms. The number of hydrogen-bond donors (Lipinski definition) is 1. The van der Waals surface area contributed by atoms with Crippen LogP contribution in [0.5, 0.6) is 5.75 Å². The van der Waals surface area contributed by atoms with Gasteiger partial charge in [-0.15, -0.1) is 0 Å². The van der Waals surface area contributed by atoms with Gasteiger partial charge in [0.1, 0.15) is 5.75 Å². The second kappa shape index (κ2) is 8.56. The Morgan fingerprint density at radius 3 is 2.67 bits per heavy atom. The molecule has 0 fully saturated rings. The Labute approximate surface area is 142 Å². The molecule has 0 aliphatic rings. The fraction of sp³-hybridized carbons (Fsp3) is 0.400. The van der Waals surface area contributed by atoms with E-state index < -0.39 is 0 Å². The average molecular weight is 417 g/mol. The topological polar surface area (TPSA) is 39.1 Å². The minimum absolute atomic E-state index is 0.669. The van der Waals surface area contributed by atoms with E-state index in [0.29, 0.717) is 6.61 Å². The zero-order chi connectivity index (χ0) is 15.1. The first-order chi connectivity index (χ1) is 10.2. The number of rotatable bonds is 8. The molecule has 0 saturated heterocycles. The van der Waals surface area contributed by atoms with Crippen LogP contribution in [0.25, 0.3) is 0 Å². The number of nitrogens with zero attached hydrogens (tertiary/aromatic N) is 2. The molecule has 2 rings (SSSR count). The fourth-order valence-corrected chi connectivity index (χ4v) is 3.47. The van der Waals surface area contributed by atoms with Gasteiger partial charge in [0.2, 0.25) is 0 Å². The molecule has 114 valence electrons. The molecule has 0 amide bonds. The highest BCUT2D eigenvalue weighted by Gasteiger charge is 2.09. The van der Waals surface area contributed by atoms with Gasteiger partial charge in [0, 0.05) is 25.5 Å². The van der Waals surface area contributed by atoms with Crippen LogP contribution in [-0.4, -0.2) is 22.7 Å². The minimum atomic E-state index is 0.669. The molecule has 2 aromatic rings. The minimum Gasteiger partial charge on any atom is -0.491 e. The first-order valence-corrected chi connectivity index (χ1v) is 8.56. The SMILES string of the molecule is CCNCc1cc(Br)c(OCCCn2ccnc2)c(Br)c1. The lowest BCUT2D eigenvalue weighted by Gasteiger charge is -2.12. The highest BCUT2D eigenvalue weighted by atomic mass is 79.9. The summed E-state index contributed by atoms with van der Waals surface area (Å²) in [5, 5.41) is 3.32. The molecular formula is C15H19Br2N3O. The second-order valence-corrected chi connectivity index (χ2v) is 6.38. The van der Waals surface area contributed by atoms with Gasteiger partial charge in [-0.05, 0) is 62.5 Å². The summed E-state index contributed by atoms with van der Waals surface area (Å²) in [7, 11) is 0. The second-order valence-electron chi connectivity index (χ2n) is 4.67. The van der Waals surface area contributed by atoms with Crippen LogP contribution in [0, 0.1) is 0 Å². The van der Waals surface area contributed by atoms with Gasteiger partial charge in [-0.1, -0.05) is 6.92 Å². The highest BCUT2D eigenvalue weighted by Crippen LogP contribution is 2.34. The summed E-state index contributed by atoms with van der Waals surface area (Å²) < 4.78 is 9.88. The van der Waals surface area contributed by atoms with Crippen LogP contribution >= 0.6 is 31.9 Å². The summed E-state index contributed by atoms with van der Waals surface area (Å²) in [6.45, 7) is 5.49. The van der Waals surface area contributed by atoms with Gasteiger partial charge >= 0.3 is 0 Å². The van der Waals surface area contributed by atoms with E-state index >= 15 is 0 Å². The predicted octanol–water partition coefficient (Wildman–Crippen LogP) is 3.99. The Balaban J connectivity index is 1.87. The van der Waals surface area contributed by atoms with Crippen molar-refractivity contribution in [3.05, 3.63) is 45.4 Å². The van der Waals surface area contributed by atoms with Crippen LogP contribution in [0.1, 0.15) is 18.9 Å². The van der Waals surface area contributed by atoms with Gasteiger partial charge in [-0.3, -0.25) is 0 Å². The number of aromatic nitrogens is 2. The molecule has 0 spiro atoms. The molecular weight excluding hydrogens is 398 g/mol. The molecule has 6 heteroatoms. The average Bonchev–Trinajstić information content (AvgIpc) is 2.96. The number of halogens is 2. The van der Waals surface area contributed by atoms with E-state index in [1.54, 1.807) is 6.20 Å². The van der Waals surface area contributed by atoms with Gasteiger partial charge in [-0.25, -0.2) is 4.98 Å². The van der Waals surface area contributed by atoms with E-state index in [9.17, 15) is 0 Å². The summed E-state index contributed by atoms with van der Waals surface area (Å²) in [5.74, 6) is 0.862. The Bertz CT molecular complexity index is 535. The normalized spacial score (nSPS) is 10.8. The van der Waals surface area contributed by atoms with E-state index in [0.717, 1.165) is 40.8 Å². The lowest BCUT2D eigenvalue weighted by Crippen LogP contribution is -2.12. The molecule has 0 saturated carbocycles. The standard InChI is InChI=1S/C15H19Br2N3O/c1-2-18-10-12-8-13(16)15(14(17)9-12)21-7-3-5-20-6-4-19-11-20/h4,6,8-9,11,18H,2-3,5,7,10H2,1H3. The van der Waals surface area contributed by atoms with Crippen LogP contribution < -0.4 is 10.1 Å². The maximum Gasteiger partial charge on any atom is 0.147 e. The van der Waals surface area contributed by atoms with Gasteiger partial charge in [0.05, 0.1) is 21.9 Å². The third kappa shape index (κ3) is 5.13. The monoisotopic (exact) mass is 415 g/mol. The number of hydrogen-bond acceptors (Lipinski definition) is 3. The molecule has 1 aromatic carbocycles. The van der Waals surface area contributed by atoms with Crippen LogP contribution in [0.3, 0.4) is 0 Å². The maximum atomic E-state index is 5.88. The Kier molecular flexibility index (Phi) is 6.73. The molecule has 0 unspecified atom stereocenters.